The fourth-order valence-electron chi connectivity index (χ4n) is 2.88. The van der Waals surface area contributed by atoms with Crippen molar-refractivity contribution >= 4 is 22.2 Å². The lowest BCUT2D eigenvalue weighted by Crippen LogP contribution is -2.48. The van der Waals surface area contributed by atoms with Crippen molar-refractivity contribution in [2.75, 3.05) is 33.3 Å². The van der Waals surface area contributed by atoms with Gasteiger partial charge < -0.3 is 9.30 Å². The van der Waals surface area contributed by atoms with E-state index >= 15 is 0 Å². The highest BCUT2D eigenvalue weighted by Crippen LogP contribution is 2.20. The van der Waals surface area contributed by atoms with Crippen molar-refractivity contribution in [1.29, 1.82) is 0 Å². The van der Waals surface area contributed by atoms with Gasteiger partial charge in [-0.1, -0.05) is 0 Å². The SMILES string of the molecule is CCn1cnn(CN2CCN(S(=O)(=O)c3ccc(OC)cc3)CC2)c1=S. The van der Waals surface area contributed by atoms with Gasteiger partial charge in [0.1, 0.15) is 12.1 Å². The molecule has 0 unspecified atom stereocenters. The maximum atomic E-state index is 12.8. The molecule has 1 fully saturated rings. The highest BCUT2D eigenvalue weighted by molar-refractivity contribution is 7.89. The molecule has 0 saturated carbocycles. The molecular formula is C16H23N5O3S2. The van der Waals surface area contributed by atoms with Crippen molar-refractivity contribution in [3.05, 3.63) is 35.4 Å². The summed E-state index contributed by atoms with van der Waals surface area (Å²) in [5.74, 6) is 0.636. The van der Waals surface area contributed by atoms with Crippen LogP contribution in [0.5, 0.6) is 5.75 Å². The largest absolute Gasteiger partial charge is 0.497 e. The first-order valence-electron chi connectivity index (χ1n) is 8.44. The molecule has 2 aromatic rings. The molecule has 26 heavy (non-hydrogen) atoms. The highest BCUT2D eigenvalue weighted by Gasteiger charge is 2.28. The standard InChI is InChI=1S/C16H23N5O3S2/c1-3-19-12-17-21(16(19)25)13-18-8-10-20(11-9-18)26(22,23)15-6-4-14(24-2)5-7-15/h4-7,12H,3,8-11,13H2,1-2H3. The molecule has 1 aliphatic heterocycles. The van der Waals surface area contributed by atoms with E-state index in [-0.39, 0.29) is 4.90 Å². The van der Waals surface area contributed by atoms with Gasteiger partial charge >= 0.3 is 0 Å². The Morgan fingerprint density at radius 1 is 1.15 bits per heavy atom. The molecule has 8 nitrogen and oxygen atoms in total. The summed E-state index contributed by atoms with van der Waals surface area (Å²) in [5.41, 5.74) is 0. The molecule has 10 heteroatoms. The van der Waals surface area contributed by atoms with Gasteiger partial charge in [0.05, 0.1) is 18.7 Å². The second-order valence-corrected chi connectivity index (χ2v) is 8.34. The minimum Gasteiger partial charge on any atom is -0.497 e. The smallest absolute Gasteiger partial charge is 0.243 e. The lowest BCUT2D eigenvalue weighted by Gasteiger charge is -2.33. The third-order valence-corrected chi connectivity index (χ3v) is 6.86. The monoisotopic (exact) mass is 397 g/mol. The highest BCUT2D eigenvalue weighted by atomic mass is 32.2. The number of methoxy groups -OCH3 is 1. The normalized spacial score (nSPS) is 16.7. The van der Waals surface area contributed by atoms with E-state index in [9.17, 15) is 8.42 Å². The first kappa shape index (κ1) is 19.0. The molecule has 3 rings (SSSR count). The van der Waals surface area contributed by atoms with Gasteiger partial charge in [0, 0.05) is 32.7 Å². The Labute approximate surface area is 158 Å². The molecule has 0 radical (unpaired) electrons. The van der Waals surface area contributed by atoms with E-state index in [1.807, 2.05) is 11.5 Å². The quantitative estimate of drug-likeness (QED) is 0.687. The first-order valence-corrected chi connectivity index (χ1v) is 10.3. The molecule has 1 aromatic carbocycles. The van der Waals surface area contributed by atoms with E-state index in [4.69, 9.17) is 17.0 Å². The van der Waals surface area contributed by atoms with Gasteiger partial charge in [0.2, 0.25) is 10.0 Å². The maximum absolute atomic E-state index is 12.8. The summed E-state index contributed by atoms with van der Waals surface area (Å²) in [7, 11) is -1.93. The van der Waals surface area contributed by atoms with Crippen LogP contribution in [0.4, 0.5) is 0 Å². The van der Waals surface area contributed by atoms with Gasteiger partial charge in [-0.15, -0.1) is 0 Å². The number of piperazine rings is 1. The fourth-order valence-corrected chi connectivity index (χ4v) is 4.59. The zero-order valence-corrected chi connectivity index (χ0v) is 16.5. The van der Waals surface area contributed by atoms with Crippen LogP contribution in [-0.2, 0) is 23.2 Å². The molecule has 0 bridgehead atoms. The van der Waals surface area contributed by atoms with Crippen LogP contribution in [0.2, 0.25) is 0 Å². The first-order chi connectivity index (χ1) is 12.5. The van der Waals surface area contributed by atoms with Crippen LogP contribution in [0.1, 0.15) is 6.92 Å². The predicted molar refractivity (Wildman–Crippen MR) is 100 cm³/mol. The van der Waals surface area contributed by atoms with Crippen LogP contribution < -0.4 is 4.74 Å². The summed E-state index contributed by atoms with van der Waals surface area (Å²) >= 11 is 5.38. The molecule has 1 aliphatic rings. The molecular weight excluding hydrogens is 374 g/mol. The number of sulfonamides is 1. The number of aryl methyl sites for hydroxylation is 1. The van der Waals surface area contributed by atoms with Crippen molar-refractivity contribution in [2.24, 2.45) is 0 Å². The lowest BCUT2D eigenvalue weighted by atomic mass is 10.3. The Hall–Kier alpha value is -1.75. The minimum absolute atomic E-state index is 0.288. The van der Waals surface area contributed by atoms with Gasteiger partial charge in [-0.2, -0.15) is 9.40 Å². The van der Waals surface area contributed by atoms with Crippen LogP contribution in [-0.4, -0.2) is 65.3 Å². The van der Waals surface area contributed by atoms with E-state index in [0.717, 1.165) is 6.54 Å². The fraction of sp³-hybridized carbons (Fsp3) is 0.500. The Bertz CT molecular complexity index is 897. The minimum atomic E-state index is -3.49. The van der Waals surface area contributed by atoms with Crippen LogP contribution in [0.25, 0.3) is 0 Å². The molecule has 142 valence electrons. The van der Waals surface area contributed by atoms with Crippen LogP contribution in [0.3, 0.4) is 0 Å². The molecule has 0 spiro atoms. The summed E-state index contributed by atoms with van der Waals surface area (Å²) in [4.78, 5) is 2.44. The lowest BCUT2D eigenvalue weighted by molar-refractivity contribution is 0.144. The Kier molecular flexibility index (Phi) is 5.76. The van der Waals surface area contributed by atoms with Gasteiger partial charge in [-0.05, 0) is 43.4 Å². The second kappa shape index (κ2) is 7.87. The Balaban J connectivity index is 1.63. The van der Waals surface area contributed by atoms with Crippen molar-refractivity contribution < 1.29 is 13.2 Å². The zero-order valence-electron chi connectivity index (χ0n) is 14.9. The summed E-state index contributed by atoms with van der Waals surface area (Å²) in [6.45, 7) is 5.53. The van der Waals surface area contributed by atoms with Gasteiger partial charge in [-0.25, -0.2) is 13.1 Å². The average Bonchev–Trinajstić information content (AvgIpc) is 3.02. The second-order valence-electron chi connectivity index (χ2n) is 6.04. The predicted octanol–water partition coefficient (Wildman–Crippen LogP) is 1.41. The van der Waals surface area contributed by atoms with Crippen molar-refractivity contribution in [3.8, 4) is 5.75 Å². The molecule has 1 saturated heterocycles. The van der Waals surface area contributed by atoms with Crippen LogP contribution in [0.15, 0.2) is 35.5 Å². The summed E-state index contributed by atoms with van der Waals surface area (Å²) < 4.78 is 36.5. The Morgan fingerprint density at radius 2 is 1.81 bits per heavy atom. The van der Waals surface area contributed by atoms with Crippen LogP contribution >= 0.6 is 12.2 Å². The number of ether oxygens (including phenoxy) is 1. The molecule has 0 aliphatic carbocycles. The molecule has 2 heterocycles. The number of aromatic nitrogens is 3. The zero-order chi connectivity index (χ0) is 18.7. The number of nitrogens with zero attached hydrogens (tertiary/aromatic N) is 5. The summed E-state index contributed by atoms with van der Waals surface area (Å²) in [6, 6.07) is 6.48. The number of rotatable bonds is 6. The van der Waals surface area contributed by atoms with Gasteiger partial charge in [-0.3, -0.25) is 4.90 Å². The number of benzene rings is 1. The van der Waals surface area contributed by atoms with Gasteiger partial charge in [0.25, 0.3) is 0 Å². The van der Waals surface area contributed by atoms with E-state index in [0.29, 0.717) is 43.4 Å². The molecule has 0 atom stereocenters. The van der Waals surface area contributed by atoms with Crippen LogP contribution in [0, 0.1) is 4.77 Å². The van der Waals surface area contributed by atoms with Gasteiger partial charge in [0.15, 0.2) is 4.77 Å². The van der Waals surface area contributed by atoms with E-state index in [1.54, 1.807) is 42.4 Å². The third-order valence-electron chi connectivity index (χ3n) is 4.50. The average molecular weight is 398 g/mol. The summed E-state index contributed by atoms with van der Waals surface area (Å²) in [6.07, 6.45) is 1.73. The number of hydrogen-bond donors (Lipinski definition) is 0. The third kappa shape index (κ3) is 3.83. The molecule has 0 N–H and O–H groups in total. The number of hydrogen-bond acceptors (Lipinski definition) is 6. The van der Waals surface area contributed by atoms with E-state index in [1.165, 1.54) is 4.31 Å². The van der Waals surface area contributed by atoms with E-state index in [2.05, 4.69) is 10.00 Å². The van der Waals surface area contributed by atoms with Crippen molar-refractivity contribution in [3.63, 3.8) is 0 Å². The topological polar surface area (TPSA) is 72.6 Å². The van der Waals surface area contributed by atoms with E-state index < -0.39 is 10.0 Å². The Morgan fingerprint density at radius 3 is 2.35 bits per heavy atom. The summed E-state index contributed by atoms with van der Waals surface area (Å²) in [5, 5.41) is 4.30. The molecule has 0 amide bonds. The molecule has 1 aromatic heterocycles. The maximum Gasteiger partial charge on any atom is 0.243 e. The van der Waals surface area contributed by atoms with Crippen molar-refractivity contribution in [1.82, 2.24) is 23.6 Å². The van der Waals surface area contributed by atoms with Crippen molar-refractivity contribution in [2.45, 2.75) is 25.0 Å².